The van der Waals surface area contributed by atoms with Gasteiger partial charge in [0, 0.05) is 29.7 Å². The predicted octanol–water partition coefficient (Wildman–Crippen LogP) is 3.47. The van der Waals surface area contributed by atoms with Gasteiger partial charge in [-0.05, 0) is 127 Å². The molecule has 47 heavy (non-hydrogen) atoms. The van der Waals surface area contributed by atoms with Gasteiger partial charge in [-0.2, -0.15) is 11.8 Å². The van der Waals surface area contributed by atoms with E-state index in [4.69, 9.17) is 11.5 Å². The van der Waals surface area contributed by atoms with E-state index in [1.54, 1.807) is 13.0 Å². The van der Waals surface area contributed by atoms with Crippen LogP contribution in [-0.2, 0) is 9.59 Å². The standard InChI is InChI=1S/C36H60FN5O4S/c1-25-21-29-28-11-10-26-22-27(43)12-13-33(26,2)35(28,37)30(44)23-34(29,3)36(25,46)31(45)24-47-20-6-9-32(39)42-19-8-18-41-16-5-4-15-40-17-7-14-38/h12-13,22,25,28-30,40-41,44,46H,4-11,14-21,23-24,38H2,1-3H3,(H2,39,42)/t25-,28+,29+,30+,33+,34+,35+,36+/m1/s1. The molecule has 8 atom stereocenters. The molecule has 8 N–H and O–H groups in total. The Morgan fingerprint density at radius 2 is 1.79 bits per heavy atom. The van der Waals surface area contributed by atoms with E-state index in [-0.39, 0.29) is 35.6 Å². The fraction of sp³-hybridized carbons (Fsp3) is 0.806. The van der Waals surface area contributed by atoms with Crippen molar-refractivity contribution in [3.8, 4) is 0 Å². The third-order valence-electron chi connectivity index (χ3n) is 11.9. The summed E-state index contributed by atoms with van der Waals surface area (Å²) >= 11 is 1.49. The molecule has 0 aromatic carbocycles. The fourth-order valence-electron chi connectivity index (χ4n) is 9.25. The number of nitrogens with zero attached hydrogens (tertiary/aromatic N) is 1. The lowest BCUT2D eigenvalue weighted by Crippen LogP contribution is -2.69. The highest BCUT2D eigenvalue weighted by molar-refractivity contribution is 7.99. The summed E-state index contributed by atoms with van der Waals surface area (Å²) in [7, 11) is 0. The highest BCUT2D eigenvalue weighted by Crippen LogP contribution is 2.70. The number of carbonyl (C=O) groups is 2. The Bertz CT molecular complexity index is 1200. The van der Waals surface area contributed by atoms with Crippen LogP contribution in [0.15, 0.2) is 28.8 Å². The van der Waals surface area contributed by atoms with Gasteiger partial charge < -0.3 is 32.3 Å². The third kappa shape index (κ3) is 7.60. The van der Waals surface area contributed by atoms with Crippen LogP contribution in [-0.4, -0.2) is 95.8 Å². The highest BCUT2D eigenvalue weighted by atomic mass is 32.2. The van der Waals surface area contributed by atoms with Gasteiger partial charge in [0.2, 0.25) is 0 Å². The maximum absolute atomic E-state index is 17.4. The highest BCUT2D eigenvalue weighted by Gasteiger charge is 2.75. The summed E-state index contributed by atoms with van der Waals surface area (Å²) in [5, 5.41) is 30.5. The number of unbranched alkanes of at least 4 members (excludes halogenated alkanes) is 1. The number of fused-ring (bicyclic) bond motifs is 5. The second kappa shape index (κ2) is 16.4. The van der Waals surface area contributed by atoms with Crippen molar-refractivity contribution in [3.05, 3.63) is 23.8 Å². The number of alkyl halides is 1. The Labute approximate surface area is 285 Å². The number of aliphatic hydroxyl groups is 2. The summed E-state index contributed by atoms with van der Waals surface area (Å²) in [4.78, 5) is 30.4. The van der Waals surface area contributed by atoms with Crippen molar-refractivity contribution in [1.82, 2.24) is 10.6 Å². The number of aliphatic hydroxyl groups excluding tert-OH is 1. The van der Waals surface area contributed by atoms with Gasteiger partial charge in [-0.3, -0.25) is 14.6 Å². The van der Waals surface area contributed by atoms with Gasteiger partial charge in [-0.25, -0.2) is 4.39 Å². The quantitative estimate of drug-likeness (QED) is 0.0683. The Balaban J connectivity index is 1.20. The zero-order chi connectivity index (χ0) is 34.3. The van der Waals surface area contributed by atoms with E-state index in [0.717, 1.165) is 70.4 Å². The number of ketones is 2. The van der Waals surface area contributed by atoms with Crippen LogP contribution in [0.5, 0.6) is 0 Å². The van der Waals surface area contributed by atoms with Gasteiger partial charge in [0.25, 0.3) is 0 Å². The molecule has 0 bridgehead atoms. The van der Waals surface area contributed by atoms with E-state index < -0.39 is 34.1 Å². The molecule has 3 saturated carbocycles. The Morgan fingerprint density at radius 1 is 1.11 bits per heavy atom. The molecule has 0 radical (unpaired) electrons. The number of aliphatic imine (C=N–C) groups is 1. The lowest BCUT2D eigenvalue weighted by atomic mass is 9.44. The molecule has 266 valence electrons. The average molecular weight is 678 g/mol. The second-order valence-corrected chi connectivity index (χ2v) is 15.9. The van der Waals surface area contributed by atoms with Gasteiger partial charge in [0.05, 0.1) is 17.7 Å². The van der Waals surface area contributed by atoms with Crippen LogP contribution < -0.4 is 22.1 Å². The van der Waals surface area contributed by atoms with Crippen LogP contribution in [0.1, 0.15) is 85.0 Å². The SMILES string of the molecule is C[C@@H]1C[C@H]2[C@@H]3CCC4=CC(=O)C=C[C@]4(C)[C@@]3(F)[C@@H](O)C[C@]2(C)[C@@]1(O)C(=O)CSCCCC(N)=NCCCNCCCCNCCCN. The van der Waals surface area contributed by atoms with Crippen molar-refractivity contribution in [3.63, 3.8) is 0 Å². The number of hydrogen-bond acceptors (Lipinski definition) is 9. The molecular weight excluding hydrogens is 617 g/mol. The molecule has 0 aromatic heterocycles. The third-order valence-corrected chi connectivity index (χ3v) is 13.0. The first-order valence-electron chi connectivity index (χ1n) is 17.9. The van der Waals surface area contributed by atoms with Crippen molar-refractivity contribution in [2.24, 2.45) is 45.0 Å². The van der Waals surface area contributed by atoms with Crippen LogP contribution >= 0.6 is 11.8 Å². The smallest absolute Gasteiger partial charge is 0.178 e. The summed E-state index contributed by atoms with van der Waals surface area (Å²) in [6.45, 7) is 10.9. The van der Waals surface area contributed by atoms with Gasteiger partial charge in [0.1, 0.15) is 5.60 Å². The molecular formula is C36H60FN5O4S. The number of amidine groups is 1. The predicted molar refractivity (Wildman–Crippen MR) is 189 cm³/mol. The van der Waals surface area contributed by atoms with Crippen LogP contribution in [0.3, 0.4) is 0 Å². The van der Waals surface area contributed by atoms with E-state index in [9.17, 15) is 19.8 Å². The minimum Gasteiger partial charge on any atom is -0.390 e. The molecule has 11 heteroatoms. The zero-order valence-corrected chi connectivity index (χ0v) is 29.7. The maximum Gasteiger partial charge on any atom is 0.178 e. The molecule has 4 aliphatic carbocycles. The molecule has 0 aliphatic heterocycles. The number of hydrogen-bond donors (Lipinski definition) is 6. The summed E-state index contributed by atoms with van der Waals surface area (Å²) < 4.78 is 17.4. The lowest BCUT2D eigenvalue weighted by molar-refractivity contribution is -0.218. The van der Waals surface area contributed by atoms with Crippen LogP contribution in [0.25, 0.3) is 0 Å². The maximum atomic E-state index is 17.4. The van der Waals surface area contributed by atoms with E-state index in [1.165, 1.54) is 23.9 Å². The molecule has 4 rings (SSSR count). The van der Waals surface area contributed by atoms with Gasteiger partial charge >= 0.3 is 0 Å². The monoisotopic (exact) mass is 677 g/mol. The molecule has 9 nitrogen and oxygen atoms in total. The number of rotatable bonds is 19. The number of nitrogens with two attached hydrogens (primary N) is 2. The number of Topliss-reactive ketones (excluding diaryl/α,β-unsaturated/α-hetero) is 1. The topological polar surface area (TPSA) is 163 Å². The average Bonchev–Trinajstić information content (AvgIpc) is 3.23. The van der Waals surface area contributed by atoms with Gasteiger partial charge in [-0.1, -0.05) is 25.5 Å². The molecule has 3 fully saturated rings. The minimum absolute atomic E-state index is 0.00218. The lowest BCUT2D eigenvalue weighted by Gasteiger charge is -2.62. The van der Waals surface area contributed by atoms with Crippen LogP contribution in [0.4, 0.5) is 4.39 Å². The zero-order valence-electron chi connectivity index (χ0n) is 28.9. The Morgan fingerprint density at radius 3 is 2.49 bits per heavy atom. The molecule has 0 heterocycles. The first-order chi connectivity index (χ1) is 22.4. The Kier molecular flexibility index (Phi) is 13.3. The van der Waals surface area contributed by atoms with Crippen LogP contribution in [0, 0.1) is 28.6 Å². The summed E-state index contributed by atoms with van der Waals surface area (Å²) in [5.74, 6) is -0.0137. The molecule has 0 aromatic rings. The fourth-order valence-corrected chi connectivity index (χ4v) is 10.2. The first kappa shape index (κ1) is 38.2. The molecule has 4 aliphatic rings. The van der Waals surface area contributed by atoms with Gasteiger partial charge in [0.15, 0.2) is 17.2 Å². The summed E-state index contributed by atoms with van der Waals surface area (Å²) in [6, 6.07) is 0. The largest absolute Gasteiger partial charge is 0.390 e. The van der Waals surface area contributed by atoms with Crippen molar-refractivity contribution in [1.29, 1.82) is 0 Å². The minimum atomic E-state index is -1.97. The molecule has 0 saturated heterocycles. The summed E-state index contributed by atoms with van der Waals surface area (Å²) in [6.07, 6.45) is 10.5. The summed E-state index contributed by atoms with van der Waals surface area (Å²) in [5.41, 5.74) is 6.71. The van der Waals surface area contributed by atoms with Gasteiger partial charge in [-0.15, -0.1) is 0 Å². The number of allylic oxidation sites excluding steroid dienone is 4. The van der Waals surface area contributed by atoms with E-state index in [2.05, 4.69) is 15.6 Å². The number of carbonyl (C=O) groups excluding carboxylic acids is 2. The molecule has 0 amide bonds. The number of nitrogens with one attached hydrogen (secondary N) is 2. The van der Waals surface area contributed by atoms with E-state index >= 15 is 4.39 Å². The van der Waals surface area contributed by atoms with Crippen molar-refractivity contribution >= 4 is 29.2 Å². The number of halogens is 1. The van der Waals surface area contributed by atoms with Crippen molar-refractivity contribution < 1.29 is 24.2 Å². The van der Waals surface area contributed by atoms with E-state index in [1.807, 2.05) is 13.8 Å². The Hall–Kier alpha value is -1.63. The van der Waals surface area contributed by atoms with Crippen LogP contribution in [0.2, 0.25) is 0 Å². The first-order valence-corrected chi connectivity index (χ1v) is 19.1. The number of thioether (sulfide) groups is 1. The van der Waals surface area contributed by atoms with Crippen molar-refractivity contribution in [2.75, 3.05) is 50.8 Å². The van der Waals surface area contributed by atoms with Crippen molar-refractivity contribution in [2.45, 2.75) is 102 Å². The molecule has 0 unspecified atom stereocenters. The second-order valence-electron chi connectivity index (χ2n) is 14.8. The molecule has 0 spiro atoms. The van der Waals surface area contributed by atoms with E-state index in [0.29, 0.717) is 43.8 Å². The normalized spacial score (nSPS) is 36.5.